The number of anilines is 1. The number of Topliss-reactive ketones (excluding diaryl/α,β-unsaturated/α-hetero) is 2. The fourth-order valence-electron chi connectivity index (χ4n) is 5.51. The van der Waals surface area contributed by atoms with Crippen LogP contribution in [0.1, 0.15) is 24.5 Å². The fraction of sp³-hybridized carbons (Fsp3) is 0.391. The lowest BCUT2D eigenvalue weighted by atomic mass is 9.57. The first-order valence-electron chi connectivity index (χ1n) is 10.6. The molecule has 1 fully saturated rings. The number of carbonyl (C=O) groups excluding carboxylic acids is 4. The normalized spacial score (nSPS) is 28.4. The van der Waals surface area contributed by atoms with Gasteiger partial charge in [-0.3, -0.25) is 24.1 Å². The SMILES string of the molecule is CC(=O)Nc1ccc2c(c1O)C(O)=C1C(=O)[C@]3(O)C(O)=C(C(N)=O)C(=O)[C@@H](N(C)C)[C@@H]3C[C@@H]1C2. The molecule has 180 valence electrons. The molecular formula is C23H25N3O8. The minimum absolute atomic E-state index is 0.0139. The van der Waals surface area contributed by atoms with Gasteiger partial charge in [0.05, 0.1) is 17.3 Å². The summed E-state index contributed by atoms with van der Waals surface area (Å²) in [6.07, 6.45) is 0.197. The second-order valence-corrected chi connectivity index (χ2v) is 9.14. The molecule has 0 radical (unpaired) electrons. The van der Waals surface area contributed by atoms with Crippen molar-refractivity contribution in [2.75, 3.05) is 19.4 Å². The standard InChI is InChI=1S/C23H25N3O8/c1-8(27)25-12-5-4-9-6-10-7-11-16(26(2)3)19(30)15(22(24)33)21(32)23(11,34)20(31)14(10)18(29)13(9)17(12)28/h4-5,10-11,16,28-29,32,34H,6-7H2,1-3H3,(H2,24,33)(H,25,27)/t10-,11-,16-,23-/m0/s1. The second-order valence-electron chi connectivity index (χ2n) is 9.14. The molecule has 11 nitrogen and oxygen atoms in total. The van der Waals surface area contributed by atoms with Gasteiger partial charge in [0, 0.05) is 18.4 Å². The average molecular weight is 471 g/mol. The first-order chi connectivity index (χ1) is 15.8. The molecule has 0 aliphatic heterocycles. The third-order valence-electron chi connectivity index (χ3n) is 6.90. The number of nitrogens with two attached hydrogens (primary N) is 1. The van der Waals surface area contributed by atoms with Crippen LogP contribution >= 0.6 is 0 Å². The van der Waals surface area contributed by atoms with Gasteiger partial charge in [0.2, 0.25) is 11.7 Å². The van der Waals surface area contributed by atoms with Gasteiger partial charge in [-0.1, -0.05) is 6.07 Å². The van der Waals surface area contributed by atoms with Crippen LogP contribution in [0.4, 0.5) is 5.69 Å². The third-order valence-corrected chi connectivity index (χ3v) is 6.90. The van der Waals surface area contributed by atoms with Crippen molar-refractivity contribution in [3.8, 4) is 5.75 Å². The maximum absolute atomic E-state index is 13.7. The van der Waals surface area contributed by atoms with Crippen LogP contribution in [0.5, 0.6) is 5.75 Å². The van der Waals surface area contributed by atoms with E-state index in [2.05, 4.69) is 5.32 Å². The summed E-state index contributed by atoms with van der Waals surface area (Å²) < 4.78 is 0. The van der Waals surface area contributed by atoms with E-state index in [9.17, 15) is 39.6 Å². The largest absolute Gasteiger partial charge is 0.508 e. The molecule has 2 amide bonds. The molecule has 0 bridgehead atoms. The van der Waals surface area contributed by atoms with Gasteiger partial charge in [0.15, 0.2) is 11.4 Å². The predicted molar refractivity (Wildman–Crippen MR) is 119 cm³/mol. The van der Waals surface area contributed by atoms with Gasteiger partial charge in [0.25, 0.3) is 5.91 Å². The summed E-state index contributed by atoms with van der Waals surface area (Å²) >= 11 is 0. The number of carbonyl (C=O) groups is 4. The zero-order valence-corrected chi connectivity index (χ0v) is 18.7. The Hall–Kier alpha value is -3.70. The molecule has 4 atom stereocenters. The van der Waals surface area contributed by atoms with Crippen molar-refractivity contribution in [1.82, 2.24) is 4.90 Å². The molecule has 3 aliphatic rings. The zero-order chi connectivity index (χ0) is 25.3. The molecule has 0 aromatic heterocycles. The number of nitrogens with one attached hydrogen (secondary N) is 1. The highest BCUT2D eigenvalue weighted by Crippen LogP contribution is 2.53. The number of hydrogen-bond acceptors (Lipinski definition) is 9. The Bertz CT molecular complexity index is 1230. The van der Waals surface area contributed by atoms with E-state index >= 15 is 0 Å². The number of fused-ring (bicyclic) bond motifs is 3. The number of primary amides is 1. The van der Waals surface area contributed by atoms with Gasteiger partial charge >= 0.3 is 0 Å². The highest BCUT2D eigenvalue weighted by atomic mass is 16.3. The van der Waals surface area contributed by atoms with Crippen molar-refractivity contribution in [2.45, 2.75) is 31.4 Å². The number of hydrogen-bond donors (Lipinski definition) is 6. The lowest BCUT2D eigenvalue weighted by molar-refractivity contribution is -0.153. The number of benzene rings is 1. The van der Waals surface area contributed by atoms with Crippen LogP contribution in [0.2, 0.25) is 0 Å². The summed E-state index contributed by atoms with van der Waals surface area (Å²) in [6, 6.07) is 1.93. The molecule has 11 heteroatoms. The van der Waals surface area contributed by atoms with Crippen LogP contribution < -0.4 is 11.1 Å². The summed E-state index contributed by atoms with van der Waals surface area (Å²) in [5.41, 5.74) is 1.93. The fourth-order valence-corrected chi connectivity index (χ4v) is 5.51. The van der Waals surface area contributed by atoms with E-state index in [0.29, 0.717) is 5.56 Å². The average Bonchev–Trinajstić information content (AvgIpc) is 2.72. The molecule has 1 saturated carbocycles. The molecule has 3 aliphatic carbocycles. The maximum atomic E-state index is 13.7. The monoisotopic (exact) mass is 471 g/mol. The van der Waals surface area contributed by atoms with Crippen LogP contribution in [-0.2, 0) is 25.6 Å². The van der Waals surface area contributed by atoms with E-state index in [0.717, 1.165) is 0 Å². The number of amides is 2. The zero-order valence-electron chi connectivity index (χ0n) is 18.7. The molecule has 0 saturated heterocycles. The summed E-state index contributed by atoms with van der Waals surface area (Å²) in [7, 11) is 3.07. The van der Waals surface area contributed by atoms with E-state index in [1.807, 2.05) is 0 Å². The smallest absolute Gasteiger partial charge is 0.255 e. The van der Waals surface area contributed by atoms with Crippen LogP contribution in [-0.4, -0.2) is 74.4 Å². The first kappa shape index (κ1) is 23.5. The lowest BCUT2D eigenvalue weighted by Gasteiger charge is -2.50. The molecule has 4 rings (SSSR count). The quantitative estimate of drug-likeness (QED) is 0.259. The Kier molecular flexibility index (Phi) is 5.29. The van der Waals surface area contributed by atoms with Crippen molar-refractivity contribution in [1.29, 1.82) is 0 Å². The van der Waals surface area contributed by atoms with Gasteiger partial charge in [-0.2, -0.15) is 0 Å². The van der Waals surface area contributed by atoms with E-state index in [4.69, 9.17) is 5.73 Å². The molecule has 34 heavy (non-hydrogen) atoms. The summed E-state index contributed by atoms with van der Waals surface area (Å²) in [6.45, 7) is 1.24. The summed E-state index contributed by atoms with van der Waals surface area (Å²) in [4.78, 5) is 51.5. The van der Waals surface area contributed by atoms with E-state index in [1.54, 1.807) is 6.07 Å². The Balaban J connectivity index is 1.94. The van der Waals surface area contributed by atoms with Crippen LogP contribution in [0, 0.1) is 11.8 Å². The lowest BCUT2D eigenvalue weighted by Crippen LogP contribution is -2.65. The number of aliphatic hydroxyl groups is 3. The molecular weight excluding hydrogens is 446 g/mol. The minimum Gasteiger partial charge on any atom is -0.508 e. The van der Waals surface area contributed by atoms with Gasteiger partial charge in [0.1, 0.15) is 22.8 Å². The van der Waals surface area contributed by atoms with E-state index in [-0.39, 0.29) is 29.7 Å². The molecule has 0 spiro atoms. The van der Waals surface area contributed by atoms with Crippen molar-refractivity contribution in [3.63, 3.8) is 0 Å². The molecule has 7 N–H and O–H groups in total. The van der Waals surface area contributed by atoms with Crippen LogP contribution in [0.25, 0.3) is 5.76 Å². The first-order valence-corrected chi connectivity index (χ1v) is 10.6. The van der Waals surface area contributed by atoms with Crippen molar-refractivity contribution in [2.24, 2.45) is 17.6 Å². The number of nitrogens with zero attached hydrogens (tertiary/aromatic N) is 1. The molecule has 1 aromatic rings. The number of aliphatic hydroxyl groups excluding tert-OH is 2. The molecule has 1 aromatic carbocycles. The van der Waals surface area contributed by atoms with Gasteiger partial charge in [-0.25, -0.2) is 0 Å². The third kappa shape index (κ3) is 3.04. The highest BCUT2D eigenvalue weighted by molar-refractivity contribution is 6.24. The van der Waals surface area contributed by atoms with Crippen molar-refractivity contribution >= 4 is 34.8 Å². The second kappa shape index (κ2) is 7.67. The number of rotatable bonds is 3. The minimum atomic E-state index is -2.69. The number of phenols is 1. The molecule has 0 unspecified atom stereocenters. The highest BCUT2D eigenvalue weighted by Gasteiger charge is 2.64. The Labute approximate surface area is 194 Å². The van der Waals surface area contributed by atoms with Crippen LogP contribution in [0.15, 0.2) is 29.0 Å². The Morgan fingerprint density at radius 1 is 1.18 bits per heavy atom. The topological polar surface area (TPSA) is 190 Å². The van der Waals surface area contributed by atoms with Gasteiger partial charge in [-0.15, -0.1) is 0 Å². The number of ketones is 2. The number of aromatic hydroxyl groups is 1. The van der Waals surface area contributed by atoms with E-state index < -0.39 is 69.7 Å². The van der Waals surface area contributed by atoms with Gasteiger partial charge < -0.3 is 31.5 Å². The van der Waals surface area contributed by atoms with Crippen molar-refractivity contribution < 1.29 is 39.6 Å². The maximum Gasteiger partial charge on any atom is 0.255 e. The predicted octanol–water partition coefficient (Wildman–Crippen LogP) is -0.0776. The van der Waals surface area contributed by atoms with Crippen molar-refractivity contribution in [3.05, 3.63) is 40.2 Å². The number of likely N-dealkylation sites (N-methyl/N-ethyl adjacent to an activating group) is 1. The van der Waals surface area contributed by atoms with Crippen LogP contribution in [0.3, 0.4) is 0 Å². The Morgan fingerprint density at radius 3 is 2.38 bits per heavy atom. The Morgan fingerprint density at radius 2 is 1.82 bits per heavy atom. The number of phenolic OH excluding ortho intramolecular Hbond substituents is 1. The van der Waals surface area contributed by atoms with Gasteiger partial charge in [-0.05, 0) is 44.5 Å². The molecule has 0 heterocycles. The summed E-state index contributed by atoms with van der Waals surface area (Å²) in [5.74, 6) is -7.62. The van der Waals surface area contributed by atoms with E-state index in [1.165, 1.54) is 32.0 Å². The summed E-state index contributed by atoms with van der Waals surface area (Å²) in [5, 5.41) is 46.5.